The number of hydrogen-bond acceptors (Lipinski definition) is 5. The van der Waals surface area contributed by atoms with Crippen molar-refractivity contribution in [1.29, 1.82) is 0 Å². The van der Waals surface area contributed by atoms with Crippen LogP contribution in [-0.4, -0.2) is 39.0 Å². The number of benzene rings is 1. The number of ether oxygens (including phenoxy) is 1. The van der Waals surface area contributed by atoms with Gasteiger partial charge in [0.25, 0.3) is 0 Å². The number of carbonyl (C=O) groups is 3. The minimum atomic E-state index is -0.819. The molecule has 0 saturated heterocycles. The molecule has 8 nitrogen and oxygen atoms in total. The number of aromatic amines is 1. The number of aliphatic carboxylic acids is 1. The molecule has 0 bridgehead atoms. The summed E-state index contributed by atoms with van der Waals surface area (Å²) in [5, 5.41) is 13.4. The molecule has 58 heavy (non-hydrogen) atoms. The molecule has 7 aliphatic rings. The van der Waals surface area contributed by atoms with Gasteiger partial charge in [-0.25, -0.2) is 4.98 Å². The van der Waals surface area contributed by atoms with E-state index in [9.17, 15) is 14.7 Å². The summed E-state index contributed by atoms with van der Waals surface area (Å²) in [5.41, 5.74) is 2.08. The summed E-state index contributed by atoms with van der Waals surface area (Å²) >= 11 is 0. The molecule has 7 aliphatic carbocycles. The monoisotopic (exact) mass is 792 g/mol. The number of amides is 1. The predicted octanol–water partition coefficient (Wildman–Crippen LogP) is 10.5. The number of imidazole rings is 1. The first kappa shape index (κ1) is 40.0. The molecule has 1 amide bonds. The second-order valence-corrected chi connectivity index (χ2v) is 22.7. The molecule has 1 aromatic heterocycles. The minimum absolute atomic E-state index is 0.100. The maximum absolute atomic E-state index is 15.1. The fraction of sp³-hybridized carbons (Fsp3) is 0.720. The minimum Gasteiger partial charge on any atom is -0.481 e. The Balaban J connectivity index is 0.955. The van der Waals surface area contributed by atoms with Crippen LogP contribution >= 0.6 is 0 Å². The molecule has 2 aromatic rings. The van der Waals surface area contributed by atoms with Gasteiger partial charge in [-0.05, 0) is 147 Å². The lowest BCUT2D eigenvalue weighted by molar-refractivity contribution is -0.251. The summed E-state index contributed by atoms with van der Waals surface area (Å²) in [6.07, 6.45) is 14.4. The van der Waals surface area contributed by atoms with E-state index in [2.05, 4.69) is 70.6 Å². The van der Waals surface area contributed by atoms with E-state index in [1.165, 1.54) is 12.0 Å². The van der Waals surface area contributed by atoms with Crippen molar-refractivity contribution in [3.63, 3.8) is 0 Å². The highest BCUT2D eigenvalue weighted by Gasteiger charge is 2.72. The number of nitrogens with one attached hydrogen (secondary N) is 2. The topological polar surface area (TPSA) is 121 Å². The number of fused-ring (bicyclic) bond motifs is 7. The van der Waals surface area contributed by atoms with Crippen LogP contribution in [-0.2, 0) is 24.7 Å². The van der Waals surface area contributed by atoms with Crippen molar-refractivity contribution in [3.05, 3.63) is 54.5 Å². The van der Waals surface area contributed by atoms with Gasteiger partial charge < -0.3 is 20.1 Å². The fourth-order valence-corrected chi connectivity index (χ4v) is 15.9. The molecule has 1 aromatic carbocycles. The van der Waals surface area contributed by atoms with Crippen LogP contribution in [0.15, 0.2) is 48.7 Å². The van der Waals surface area contributed by atoms with Crippen LogP contribution in [0.4, 0.5) is 0 Å². The van der Waals surface area contributed by atoms with E-state index in [4.69, 9.17) is 9.72 Å². The van der Waals surface area contributed by atoms with Crippen molar-refractivity contribution in [2.75, 3.05) is 0 Å². The van der Waals surface area contributed by atoms with Gasteiger partial charge in [0, 0.05) is 5.41 Å². The number of aromatic nitrogens is 2. The number of allylic oxidation sites excluding steroid dienone is 1. The van der Waals surface area contributed by atoms with Crippen molar-refractivity contribution in [2.24, 2.45) is 73.9 Å². The first-order valence-corrected chi connectivity index (χ1v) is 22.8. The third-order valence-corrected chi connectivity index (χ3v) is 19.8. The van der Waals surface area contributed by atoms with Gasteiger partial charge in [0.2, 0.25) is 5.91 Å². The van der Waals surface area contributed by atoms with Gasteiger partial charge in [-0.2, -0.15) is 0 Å². The molecule has 8 heteroatoms. The Bertz CT molecular complexity index is 2010. The van der Waals surface area contributed by atoms with Gasteiger partial charge in [0.05, 0.1) is 34.7 Å². The van der Waals surface area contributed by atoms with E-state index in [0.29, 0.717) is 30.1 Å². The number of carboxylic acid groups (broad SMARTS) is 1. The van der Waals surface area contributed by atoms with Gasteiger partial charge in [0.15, 0.2) is 0 Å². The second kappa shape index (κ2) is 13.0. The molecule has 1 heterocycles. The molecular formula is C50H69N3O5. The van der Waals surface area contributed by atoms with E-state index in [1.54, 1.807) is 0 Å². The summed E-state index contributed by atoms with van der Waals surface area (Å²) in [6.45, 7) is 23.1. The quantitative estimate of drug-likeness (QED) is 0.181. The first-order chi connectivity index (χ1) is 27.2. The van der Waals surface area contributed by atoms with Gasteiger partial charge in [0.1, 0.15) is 11.9 Å². The van der Waals surface area contributed by atoms with Gasteiger partial charge in [-0.15, -0.1) is 0 Å². The maximum atomic E-state index is 15.1. The summed E-state index contributed by atoms with van der Waals surface area (Å²) in [6, 6.07) is 10.3. The highest BCUT2D eigenvalue weighted by molar-refractivity contribution is 5.85. The van der Waals surface area contributed by atoms with Crippen LogP contribution in [0.3, 0.4) is 0 Å². The van der Waals surface area contributed by atoms with Crippen molar-refractivity contribution in [2.45, 2.75) is 151 Å². The molecule has 12 atom stereocenters. The normalized spacial score (nSPS) is 42.6. The third kappa shape index (κ3) is 5.43. The number of H-pyrrole nitrogens is 1. The number of rotatable bonds is 8. The second-order valence-electron chi connectivity index (χ2n) is 22.7. The third-order valence-electron chi connectivity index (χ3n) is 19.8. The summed E-state index contributed by atoms with van der Waals surface area (Å²) < 4.78 is 6.45. The molecule has 0 spiro atoms. The van der Waals surface area contributed by atoms with Crippen LogP contribution < -0.4 is 5.32 Å². The molecule has 3 N–H and O–H groups in total. The van der Waals surface area contributed by atoms with Crippen molar-refractivity contribution < 1.29 is 24.2 Å². The largest absolute Gasteiger partial charge is 0.481 e. The van der Waals surface area contributed by atoms with Gasteiger partial charge in [-0.3, -0.25) is 14.4 Å². The van der Waals surface area contributed by atoms with Gasteiger partial charge in [-0.1, -0.05) is 91.0 Å². The summed E-state index contributed by atoms with van der Waals surface area (Å²) in [7, 11) is 0. The zero-order chi connectivity index (χ0) is 41.4. The molecule has 7 fully saturated rings. The van der Waals surface area contributed by atoms with Crippen molar-refractivity contribution in [3.8, 4) is 11.3 Å². The van der Waals surface area contributed by atoms with Crippen LogP contribution in [0, 0.1) is 73.9 Å². The zero-order valence-electron chi connectivity index (χ0n) is 36.5. The van der Waals surface area contributed by atoms with E-state index in [1.807, 2.05) is 38.2 Å². The highest BCUT2D eigenvalue weighted by atomic mass is 16.5. The molecule has 0 radical (unpaired) electrons. The predicted molar refractivity (Wildman–Crippen MR) is 225 cm³/mol. The average molecular weight is 792 g/mol. The number of carbonyl (C=O) groups excluding carboxylic acids is 2. The van der Waals surface area contributed by atoms with Crippen LogP contribution in [0.5, 0.6) is 0 Å². The van der Waals surface area contributed by atoms with Crippen molar-refractivity contribution in [1.82, 2.24) is 15.3 Å². The lowest BCUT2D eigenvalue weighted by Gasteiger charge is -2.73. The van der Waals surface area contributed by atoms with Crippen LogP contribution in [0.1, 0.15) is 145 Å². The SMILES string of the molecule is C=C(C)[C@@H]1CC[C@]2(C(=O)NC3(c4ncc(-c5ccccc5)[nH]4)CC3)CC[C@]3(C)[C@H](CC[C@@H]4[C@@]5(C)CC[C@H](OC(=O)[C@H]6C[C@@H](C(=O)O)C6(C)C)C(C)(C)[C@@H]5CC[C@]43C)[C@@H]12. The summed E-state index contributed by atoms with van der Waals surface area (Å²) in [5.74, 6) is 1.30. The molecule has 0 aliphatic heterocycles. The van der Waals surface area contributed by atoms with E-state index < -0.39 is 28.3 Å². The standard InChI is InChI=1S/C50H69N3O5/c1-29(2)31-17-22-49(43(57)53-50(25-26-50)42-51-28-35(52-42)30-13-11-10-12-14-30)24-23-47(8)32(39(31)49)15-16-37-46(7)20-19-38(45(5,6)36(46)18-21-48(37,47)9)58-41(56)34-27-33(40(54)55)44(34,3)4/h10-14,28,31-34,36-39H,1,15-27H2,2-9H3,(H,51,52)(H,53,57)(H,54,55)/t31-,32+,33-,34+,36-,37+,38-,39+,46-,47+,48+,49-/m0/s1. The maximum Gasteiger partial charge on any atom is 0.309 e. The Labute approximate surface area is 346 Å². The van der Waals surface area contributed by atoms with E-state index in [0.717, 1.165) is 87.7 Å². The number of carboxylic acids is 1. The molecule has 314 valence electrons. The fourth-order valence-electron chi connectivity index (χ4n) is 15.9. The molecular weight excluding hydrogens is 723 g/mol. The van der Waals surface area contributed by atoms with Crippen LogP contribution in [0.2, 0.25) is 0 Å². The van der Waals surface area contributed by atoms with E-state index in [-0.39, 0.29) is 51.5 Å². The number of hydrogen-bond donors (Lipinski definition) is 3. The Morgan fingerprint density at radius 3 is 2.19 bits per heavy atom. The molecule has 7 saturated carbocycles. The van der Waals surface area contributed by atoms with Crippen molar-refractivity contribution >= 4 is 17.8 Å². The molecule has 0 unspecified atom stereocenters. The Morgan fingerprint density at radius 1 is 0.810 bits per heavy atom. The lowest BCUT2D eigenvalue weighted by atomic mass is 9.32. The van der Waals surface area contributed by atoms with E-state index >= 15 is 4.79 Å². The Kier molecular flexibility index (Phi) is 9.00. The lowest BCUT2D eigenvalue weighted by Crippen LogP contribution is -2.67. The Morgan fingerprint density at radius 2 is 1.53 bits per heavy atom. The molecule has 9 rings (SSSR count). The first-order valence-electron chi connectivity index (χ1n) is 22.8. The highest BCUT2D eigenvalue weighted by Crippen LogP contribution is 2.78. The smallest absolute Gasteiger partial charge is 0.309 e. The summed E-state index contributed by atoms with van der Waals surface area (Å²) in [4.78, 5) is 49.1. The number of esters is 1. The number of nitrogens with zero attached hydrogens (tertiary/aromatic N) is 1. The van der Waals surface area contributed by atoms with Gasteiger partial charge >= 0.3 is 11.9 Å². The Hall–Kier alpha value is -3.42. The van der Waals surface area contributed by atoms with Crippen LogP contribution in [0.25, 0.3) is 11.3 Å². The zero-order valence-corrected chi connectivity index (χ0v) is 36.5. The average Bonchev–Trinajstić information content (AvgIpc) is 3.55.